The Bertz CT molecular complexity index is 1130. The number of aliphatic hydroxyl groups excluding tert-OH is 3. The van der Waals surface area contributed by atoms with E-state index in [0.29, 0.717) is 12.3 Å². The van der Waals surface area contributed by atoms with Crippen LogP contribution in [-0.2, 0) is 14.3 Å². The molecule has 0 spiro atoms. The Labute approximate surface area is 196 Å². The maximum atomic E-state index is 11.4. The summed E-state index contributed by atoms with van der Waals surface area (Å²) in [4.78, 5) is 14.8. The molecule has 1 saturated heterocycles. The zero-order valence-corrected chi connectivity index (χ0v) is 18.9. The number of carbonyl (C=O) groups is 1. The van der Waals surface area contributed by atoms with E-state index in [-0.39, 0.29) is 12.6 Å². The molecule has 3 aromatic rings. The number of carboxylic acid groups (broad SMARTS) is 1. The molecule has 10 heteroatoms. The Kier molecular flexibility index (Phi) is 7.36. The maximum absolute atomic E-state index is 11.4. The number of fused-ring (bicyclic) bond motifs is 3. The van der Waals surface area contributed by atoms with Gasteiger partial charge in [-0.05, 0) is 18.2 Å². The Morgan fingerprint density at radius 1 is 1.06 bits per heavy atom. The van der Waals surface area contributed by atoms with Gasteiger partial charge in [0.1, 0.15) is 36.8 Å². The van der Waals surface area contributed by atoms with Gasteiger partial charge in [-0.25, -0.2) is 4.79 Å². The number of benzene rings is 2. The van der Waals surface area contributed by atoms with Gasteiger partial charge in [0.05, 0.1) is 5.52 Å². The van der Waals surface area contributed by atoms with Crippen molar-refractivity contribution in [3.8, 4) is 5.75 Å². The van der Waals surface area contributed by atoms with Gasteiger partial charge in [0.2, 0.25) is 0 Å². The van der Waals surface area contributed by atoms with Crippen LogP contribution < -0.4 is 10.1 Å². The Hall–Kier alpha value is -2.73. The minimum Gasteiger partial charge on any atom is -0.490 e. The fourth-order valence-corrected chi connectivity index (χ4v) is 4.04. The first-order chi connectivity index (χ1) is 16.3. The normalized spacial score (nSPS) is 26.2. The van der Waals surface area contributed by atoms with Crippen LogP contribution in [0.2, 0.25) is 0 Å². The average molecular weight is 475 g/mol. The lowest BCUT2D eigenvalue weighted by Crippen LogP contribution is -2.61. The number of hydrogen-bond donors (Lipinski definition) is 6. The van der Waals surface area contributed by atoms with Gasteiger partial charge in [0.25, 0.3) is 0 Å². The van der Waals surface area contributed by atoms with Gasteiger partial charge >= 0.3 is 5.97 Å². The monoisotopic (exact) mass is 474 g/mol. The summed E-state index contributed by atoms with van der Waals surface area (Å²) in [7, 11) is 0. The smallest absolute Gasteiger partial charge is 0.335 e. The van der Waals surface area contributed by atoms with Gasteiger partial charge in [-0.1, -0.05) is 38.1 Å². The highest BCUT2D eigenvalue weighted by atomic mass is 16.7. The molecule has 0 aliphatic carbocycles. The third-order valence-electron chi connectivity index (χ3n) is 5.81. The Morgan fingerprint density at radius 2 is 1.79 bits per heavy atom. The first kappa shape index (κ1) is 24.4. The van der Waals surface area contributed by atoms with Crippen LogP contribution in [0.15, 0.2) is 42.5 Å². The highest BCUT2D eigenvalue weighted by Crippen LogP contribution is 2.33. The van der Waals surface area contributed by atoms with Crippen molar-refractivity contribution in [2.24, 2.45) is 0 Å². The van der Waals surface area contributed by atoms with Crippen LogP contribution in [0.25, 0.3) is 21.8 Å². The van der Waals surface area contributed by atoms with E-state index in [1.807, 2.05) is 56.3 Å². The molecule has 1 aliphatic heterocycles. The number of aliphatic hydroxyl groups is 3. The number of hydrogen-bond acceptors (Lipinski definition) is 8. The number of rotatable bonds is 9. The molecule has 1 aromatic heterocycles. The van der Waals surface area contributed by atoms with Gasteiger partial charge < -0.3 is 44.9 Å². The summed E-state index contributed by atoms with van der Waals surface area (Å²) in [6, 6.07) is 13.7. The predicted molar refractivity (Wildman–Crippen MR) is 124 cm³/mol. The van der Waals surface area contributed by atoms with E-state index in [4.69, 9.17) is 14.2 Å². The SMILES string of the molecule is CC(C)NC[C@H](COc1cccc2[nH]c3ccccc3c12)O[C@H]1O[C@H](C(=O)O)[C@@H](O)[C@H](O)[C@H]1O. The molecule has 0 unspecified atom stereocenters. The third-order valence-corrected chi connectivity index (χ3v) is 5.81. The molecule has 34 heavy (non-hydrogen) atoms. The van der Waals surface area contributed by atoms with Crippen molar-refractivity contribution in [2.75, 3.05) is 13.2 Å². The third kappa shape index (κ3) is 5.02. The molecule has 2 heterocycles. The van der Waals surface area contributed by atoms with Gasteiger partial charge in [-0.3, -0.25) is 0 Å². The zero-order chi connectivity index (χ0) is 24.4. The van der Waals surface area contributed by atoms with Crippen LogP contribution in [0, 0.1) is 0 Å². The first-order valence-corrected chi connectivity index (χ1v) is 11.2. The van der Waals surface area contributed by atoms with Crippen molar-refractivity contribution in [1.82, 2.24) is 10.3 Å². The molecule has 2 aromatic carbocycles. The van der Waals surface area contributed by atoms with E-state index >= 15 is 0 Å². The van der Waals surface area contributed by atoms with Crippen molar-refractivity contribution in [3.63, 3.8) is 0 Å². The fraction of sp³-hybridized carbons (Fsp3) is 0.458. The molecule has 4 rings (SSSR count). The van der Waals surface area contributed by atoms with Crippen molar-refractivity contribution in [1.29, 1.82) is 0 Å². The molecule has 6 atom stereocenters. The molecule has 1 aliphatic rings. The second-order valence-electron chi connectivity index (χ2n) is 8.72. The average Bonchev–Trinajstić information content (AvgIpc) is 3.19. The number of aromatic amines is 1. The second-order valence-corrected chi connectivity index (χ2v) is 8.72. The largest absolute Gasteiger partial charge is 0.490 e. The van der Waals surface area contributed by atoms with E-state index in [2.05, 4.69) is 10.3 Å². The minimum absolute atomic E-state index is 0.0569. The summed E-state index contributed by atoms with van der Waals surface area (Å²) in [5.74, 6) is -0.830. The maximum Gasteiger partial charge on any atom is 0.335 e. The summed E-state index contributed by atoms with van der Waals surface area (Å²) in [6.45, 7) is 4.28. The number of para-hydroxylation sites is 1. The lowest BCUT2D eigenvalue weighted by Gasteiger charge is -2.39. The molecule has 0 amide bonds. The van der Waals surface area contributed by atoms with Crippen LogP contribution in [-0.4, -0.2) is 87.4 Å². The fourth-order valence-electron chi connectivity index (χ4n) is 4.04. The van der Waals surface area contributed by atoms with E-state index in [1.54, 1.807) is 0 Å². The highest BCUT2D eigenvalue weighted by Gasteiger charge is 2.48. The lowest BCUT2D eigenvalue weighted by molar-refractivity contribution is -0.305. The summed E-state index contributed by atoms with van der Waals surface area (Å²) in [5, 5.41) is 44.8. The number of aliphatic carboxylic acids is 1. The van der Waals surface area contributed by atoms with Gasteiger partial charge in [0, 0.05) is 28.9 Å². The number of aromatic nitrogens is 1. The Balaban J connectivity index is 1.54. The molecular formula is C24H30N2O8. The molecule has 10 nitrogen and oxygen atoms in total. The zero-order valence-electron chi connectivity index (χ0n) is 18.9. The van der Waals surface area contributed by atoms with Crippen LogP contribution >= 0.6 is 0 Å². The highest BCUT2D eigenvalue weighted by molar-refractivity contribution is 6.10. The summed E-state index contributed by atoms with van der Waals surface area (Å²) in [5.41, 5.74) is 1.90. The molecule has 0 radical (unpaired) electrons. The first-order valence-electron chi connectivity index (χ1n) is 11.2. The quantitative estimate of drug-likeness (QED) is 0.266. The van der Waals surface area contributed by atoms with Gasteiger partial charge in [-0.2, -0.15) is 0 Å². The van der Waals surface area contributed by atoms with Gasteiger partial charge in [0.15, 0.2) is 12.4 Å². The van der Waals surface area contributed by atoms with Crippen molar-refractivity contribution < 1.29 is 39.4 Å². The Morgan fingerprint density at radius 3 is 2.53 bits per heavy atom. The van der Waals surface area contributed by atoms with Crippen molar-refractivity contribution in [2.45, 2.75) is 56.7 Å². The molecule has 1 fully saturated rings. The van der Waals surface area contributed by atoms with E-state index in [0.717, 1.165) is 21.8 Å². The van der Waals surface area contributed by atoms with Crippen LogP contribution in [0.5, 0.6) is 5.75 Å². The van der Waals surface area contributed by atoms with Crippen molar-refractivity contribution in [3.05, 3.63) is 42.5 Å². The number of ether oxygens (including phenoxy) is 3. The van der Waals surface area contributed by atoms with E-state index < -0.39 is 42.8 Å². The number of nitrogens with one attached hydrogen (secondary N) is 2. The van der Waals surface area contributed by atoms with E-state index in [9.17, 15) is 25.2 Å². The standard InChI is InChI=1S/C24H30N2O8/c1-12(2)25-10-13(33-24-21(29)19(27)20(28)22(34-24)23(30)31)11-32-17-9-5-8-16-18(17)14-6-3-4-7-15(14)26-16/h3-9,12-13,19-22,24-29H,10-11H2,1-2H3,(H,30,31)/t13-,19+,20+,21-,22+,24+/m1/s1. The lowest BCUT2D eigenvalue weighted by atomic mass is 9.99. The molecule has 184 valence electrons. The van der Waals surface area contributed by atoms with Crippen LogP contribution in [0.3, 0.4) is 0 Å². The minimum atomic E-state index is -1.78. The molecule has 6 N–H and O–H groups in total. The number of carboxylic acids is 1. The number of H-pyrrole nitrogens is 1. The second kappa shape index (κ2) is 10.3. The summed E-state index contributed by atoms with van der Waals surface area (Å²) >= 11 is 0. The summed E-state index contributed by atoms with van der Waals surface area (Å²) in [6.07, 6.45) is -9.02. The predicted octanol–water partition coefficient (Wildman–Crippen LogP) is 0.975. The molecular weight excluding hydrogens is 444 g/mol. The van der Waals surface area contributed by atoms with Crippen molar-refractivity contribution >= 4 is 27.8 Å². The summed E-state index contributed by atoms with van der Waals surface area (Å²) < 4.78 is 17.3. The molecule has 0 bridgehead atoms. The molecule has 0 saturated carbocycles. The van der Waals surface area contributed by atoms with E-state index in [1.165, 1.54) is 0 Å². The van der Waals surface area contributed by atoms with Crippen LogP contribution in [0.4, 0.5) is 0 Å². The van der Waals surface area contributed by atoms with Crippen LogP contribution in [0.1, 0.15) is 13.8 Å². The topological polar surface area (TPSA) is 154 Å². The van der Waals surface area contributed by atoms with Gasteiger partial charge in [-0.15, -0.1) is 0 Å².